The molecule has 2 aromatic rings. The second-order valence-electron chi connectivity index (χ2n) is 7.05. The summed E-state index contributed by atoms with van der Waals surface area (Å²) < 4.78 is 1.72. The average molecular weight is 386 g/mol. The number of aromatic nitrogens is 2. The molecule has 8 nitrogen and oxygen atoms in total. The number of aliphatic hydroxyl groups is 2. The van der Waals surface area contributed by atoms with E-state index >= 15 is 0 Å². The Morgan fingerprint density at radius 3 is 2.36 bits per heavy atom. The van der Waals surface area contributed by atoms with Gasteiger partial charge in [0, 0.05) is 25.5 Å². The molecular formula is C20H26N4O4. The molecule has 1 saturated heterocycles. The Balaban J connectivity index is 1.57. The average Bonchev–Trinajstić information content (AvgIpc) is 3.27. The molecule has 0 unspecified atom stereocenters. The van der Waals surface area contributed by atoms with Crippen molar-refractivity contribution in [2.45, 2.75) is 44.4 Å². The summed E-state index contributed by atoms with van der Waals surface area (Å²) in [6, 6.07) is 8.87. The number of hydrogen-bond donors (Lipinski definition) is 3. The molecule has 8 heteroatoms. The van der Waals surface area contributed by atoms with Gasteiger partial charge in [-0.25, -0.2) is 4.68 Å². The van der Waals surface area contributed by atoms with E-state index in [0.717, 1.165) is 30.5 Å². The van der Waals surface area contributed by atoms with Crippen LogP contribution in [0.3, 0.4) is 0 Å². The molecule has 3 rings (SSSR count). The molecule has 1 aliphatic rings. The minimum atomic E-state index is -1.81. The number of amides is 2. The highest BCUT2D eigenvalue weighted by Gasteiger charge is 2.34. The number of piperidine rings is 1. The van der Waals surface area contributed by atoms with Crippen LogP contribution in [-0.4, -0.2) is 62.0 Å². The maximum absolute atomic E-state index is 12.3. The van der Waals surface area contributed by atoms with Crippen molar-refractivity contribution < 1.29 is 19.8 Å². The number of aliphatic hydroxyl groups excluding tert-OH is 2. The summed E-state index contributed by atoms with van der Waals surface area (Å²) in [6.07, 6.45) is 2.73. The maximum Gasteiger partial charge on any atom is 0.254 e. The van der Waals surface area contributed by atoms with Gasteiger partial charge in [0.15, 0.2) is 12.2 Å². The van der Waals surface area contributed by atoms with Crippen molar-refractivity contribution in [2.75, 3.05) is 13.1 Å². The van der Waals surface area contributed by atoms with Gasteiger partial charge in [-0.3, -0.25) is 9.59 Å². The van der Waals surface area contributed by atoms with Crippen LogP contribution in [0.4, 0.5) is 0 Å². The fourth-order valence-corrected chi connectivity index (χ4v) is 3.30. The molecule has 3 N–H and O–H groups in total. The zero-order valence-corrected chi connectivity index (χ0v) is 15.9. The molecule has 0 saturated carbocycles. The van der Waals surface area contributed by atoms with Crippen molar-refractivity contribution in [3.05, 3.63) is 48.3 Å². The summed E-state index contributed by atoms with van der Waals surface area (Å²) >= 11 is 0. The lowest BCUT2D eigenvalue weighted by atomic mass is 10.1. The van der Waals surface area contributed by atoms with Crippen LogP contribution in [0.5, 0.6) is 0 Å². The van der Waals surface area contributed by atoms with Crippen LogP contribution in [-0.2, 0) is 9.59 Å². The first-order chi connectivity index (χ1) is 13.5. The first-order valence-corrected chi connectivity index (χ1v) is 9.52. The lowest BCUT2D eigenvalue weighted by Gasteiger charge is -2.30. The van der Waals surface area contributed by atoms with Crippen molar-refractivity contribution in [2.24, 2.45) is 0 Å². The van der Waals surface area contributed by atoms with E-state index < -0.39 is 30.1 Å². The SMILES string of the molecule is C[C@@H](NC(=O)[C@H](O)[C@@H](O)C(=O)N1CCCCC1)c1ccc(-n2cccn2)cc1. The summed E-state index contributed by atoms with van der Waals surface area (Å²) in [4.78, 5) is 26.1. The molecule has 28 heavy (non-hydrogen) atoms. The molecule has 1 aromatic carbocycles. The first-order valence-electron chi connectivity index (χ1n) is 9.52. The van der Waals surface area contributed by atoms with E-state index in [1.54, 1.807) is 17.8 Å². The molecule has 0 aliphatic carbocycles. The third-order valence-electron chi connectivity index (χ3n) is 5.01. The summed E-state index contributed by atoms with van der Waals surface area (Å²) in [7, 11) is 0. The molecule has 0 bridgehead atoms. The number of carbonyl (C=O) groups excluding carboxylic acids is 2. The smallest absolute Gasteiger partial charge is 0.254 e. The van der Waals surface area contributed by atoms with E-state index in [1.807, 2.05) is 36.5 Å². The predicted molar refractivity (Wildman–Crippen MR) is 103 cm³/mol. The van der Waals surface area contributed by atoms with E-state index in [0.29, 0.717) is 13.1 Å². The lowest BCUT2D eigenvalue weighted by molar-refractivity contribution is -0.154. The molecule has 2 amide bonds. The lowest BCUT2D eigenvalue weighted by Crippen LogP contribution is -2.52. The Kier molecular flexibility index (Phi) is 6.43. The van der Waals surface area contributed by atoms with Crippen molar-refractivity contribution in [3.63, 3.8) is 0 Å². The maximum atomic E-state index is 12.3. The van der Waals surface area contributed by atoms with Crippen LogP contribution in [0.25, 0.3) is 5.69 Å². The van der Waals surface area contributed by atoms with Crippen LogP contribution >= 0.6 is 0 Å². The van der Waals surface area contributed by atoms with E-state index in [-0.39, 0.29) is 0 Å². The summed E-state index contributed by atoms with van der Waals surface area (Å²) in [5.41, 5.74) is 1.71. The monoisotopic (exact) mass is 386 g/mol. The van der Waals surface area contributed by atoms with Crippen molar-refractivity contribution in [1.82, 2.24) is 20.0 Å². The van der Waals surface area contributed by atoms with E-state index in [2.05, 4.69) is 10.4 Å². The number of likely N-dealkylation sites (tertiary alicyclic amines) is 1. The molecular weight excluding hydrogens is 360 g/mol. The van der Waals surface area contributed by atoms with Crippen LogP contribution < -0.4 is 5.32 Å². The van der Waals surface area contributed by atoms with Gasteiger partial charge >= 0.3 is 0 Å². The molecule has 3 atom stereocenters. The van der Waals surface area contributed by atoms with Gasteiger partial charge in [0.25, 0.3) is 11.8 Å². The molecule has 150 valence electrons. The van der Waals surface area contributed by atoms with Crippen LogP contribution in [0.15, 0.2) is 42.7 Å². The molecule has 1 aliphatic heterocycles. The highest BCUT2D eigenvalue weighted by molar-refractivity contribution is 5.90. The topological polar surface area (TPSA) is 108 Å². The van der Waals surface area contributed by atoms with E-state index in [9.17, 15) is 19.8 Å². The summed E-state index contributed by atoms with van der Waals surface area (Å²) in [5, 5.41) is 27.1. The Morgan fingerprint density at radius 2 is 1.75 bits per heavy atom. The zero-order valence-electron chi connectivity index (χ0n) is 15.9. The quantitative estimate of drug-likeness (QED) is 0.680. The normalized spacial score (nSPS) is 17.6. The van der Waals surface area contributed by atoms with Crippen molar-refractivity contribution >= 4 is 11.8 Å². The van der Waals surface area contributed by atoms with Gasteiger partial charge in [-0.05, 0) is 49.9 Å². The molecule has 1 fully saturated rings. The number of nitrogens with zero attached hydrogens (tertiary/aromatic N) is 3. The molecule has 0 radical (unpaired) electrons. The number of rotatable bonds is 6. The van der Waals surface area contributed by atoms with Gasteiger partial charge in [-0.2, -0.15) is 5.10 Å². The number of nitrogens with one attached hydrogen (secondary N) is 1. The van der Waals surface area contributed by atoms with Gasteiger partial charge in [0.1, 0.15) is 0 Å². The van der Waals surface area contributed by atoms with Gasteiger partial charge in [-0.15, -0.1) is 0 Å². The van der Waals surface area contributed by atoms with Crippen LogP contribution in [0.2, 0.25) is 0 Å². The number of benzene rings is 1. The fourth-order valence-electron chi connectivity index (χ4n) is 3.30. The molecule has 2 heterocycles. The highest BCUT2D eigenvalue weighted by Crippen LogP contribution is 2.16. The number of carbonyl (C=O) groups is 2. The Hall–Kier alpha value is -2.71. The Bertz CT molecular complexity index is 785. The summed E-state index contributed by atoms with van der Waals surface area (Å²) in [5.74, 6) is -1.37. The largest absolute Gasteiger partial charge is 0.380 e. The second kappa shape index (κ2) is 8.99. The van der Waals surface area contributed by atoms with Crippen LogP contribution in [0, 0.1) is 0 Å². The standard InChI is InChI=1S/C20H26N4O4/c1-14(15-6-8-16(9-7-15)24-13-5-10-21-24)22-19(27)17(25)18(26)20(28)23-11-3-2-4-12-23/h5-10,13-14,17-18,25-26H,2-4,11-12H2,1H3,(H,22,27)/t14-,17-,18-/m1/s1. The summed E-state index contributed by atoms with van der Waals surface area (Å²) in [6.45, 7) is 2.86. The Labute approximate surface area is 163 Å². The second-order valence-corrected chi connectivity index (χ2v) is 7.05. The van der Waals surface area contributed by atoms with Crippen molar-refractivity contribution in [1.29, 1.82) is 0 Å². The zero-order chi connectivity index (χ0) is 20.1. The first kappa shape index (κ1) is 20.0. The fraction of sp³-hybridized carbons (Fsp3) is 0.450. The third-order valence-corrected chi connectivity index (χ3v) is 5.01. The molecule has 1 aromatic heterocycles. The Morgan fingerprint density at radius 1 is 1.07 bits per heavy atom. The minimum absolute atomic E-state index is 0.397. The van der Waals surface area contributed by atoms with E-state index in [4.69, 9.17) is 0 Å². The van der Waals surface area contributed by atoms with E-state index in [1.165, 1.54) is 4.90 Å². The minimum Gasteiger partial charge on any atom is -0.380 e. The van der Waals surface area contributed by atoms with Gasteiger partial charge in [-0.1, -0.05) is 12.1 Å². The predicted octanol–water partition coefficient (Wildman–Crippen LogP) is 0.784. The highest BCUT2D eigenvalue weighted by atomic mass is 16.3. The van der Waals surface area contributed by atoms with Gasteiger partial charge in [0.05, 0.1) is 11.7 Å². The van der Waals surface area contributed by atoms with Crippen molar-refractivity contribution in [3.8, 4) is 5.69 Å². The van der Waals surface area contributed by atoms with Gasteiger partial charge < -0.3 is 20.4 Å². The third kappa shape index (κ3) is 4.58. The van der Waals surface area contributed by atoms with Gasteiger partial charge in [0.2, 0.25) is 0 Å². The molecule has 0 spiro atoms. The van der Waals surface area contributed by atoms with Crippen LogP contribution in [0.1, 0.15) is 37.8 Å². The number of hydrogen-bond acceptors (Lipinski definition) is 5.